The predicted octanol–water partition coefficient (Wildman–Crippen LogP) is 1.84. The highest BCUT2D eigenvalue weighted by Crippen LogP contribution is 2.21. The van der Waals surface area contributed by atoms with Gasteiger partial charge < -0.3 is 4.52 Å². The Hall–Kier alpha value is -1.70. The lowest BCUT2D eigenvalue weighted by Gasteiger charge is -2.16. The van der Waals surface area contributed by atoms with Gasteiger partial charge in [0.25, 0.3) is 0 Å². The lowest BCUT2D eigenvalue weighted by molar-refractivity contribution is 0.324. The van der Waals surface area contributed by atoms with Crippen LogP contribution < -0.4 is 4.72 Å². The first-order chi connectivity index (χ1) is 11.0. The number of likely N-dealkylation sites (tertiary alicyclic amines) is 1. The van der Waals surface area contributed by atoms with E-state index in [0.29, 0.717) is 18.0 Å². The van der Waals surface area contributed by atoms with Crippen LogP contribution >= 0.6 is 0 Å². The van der Waals surface area contributed by atoms with Crippen LogP contribution in [0, 0.1) is 13.8 Å². The van der Waals surface area contributed by atoms with Crippen LogP contribution in [0.3, 0.4) is 0 Å². The molecule has 6 nitrogen and oxygen atoms in total. The molecule has 1 aliphatic heterocycles. The molecule has 2 heterocycles. The van der Waals surface area contributed by atoms with Gasteiger partial charge in [-0.2, -0.15) is 0 Å². The van der Waals surface area contributed by atoms with Crippen molar-refractivity contribution in [1.29, 1.82) is 0 Å². The van der Waals surface area contributed by atoms with Gasteiger partial charge in [-0.15, -0.1) is 0 Å². The summed E-state index contributed by atoms with van der Waals surface area (Å²) in [6.07, 6.45) is 0.801. The van der Waals surface area contributed by atoms with Crippen LogP contribution in [-0.4, -0.2) is 37.6 Å². The van der Waals surface area contributed by atoms with Crippen LogP contribution in [-0.2, 0) is 16.6 Å². The van der Waals surface area contributed by atoms with Gasteiger partial charge in [0.2, 0.25) is 10.0 Å². The summed E-state index contributed by atoms with van der Waals surface area (Å²) in [6, 6.07) is 10.1. The van der Waals surface area contributed by atoms with E-state index in [1.165, 1.54) is 5.56 Å². The highest BCUT2D eigenvalue weighted by atomic mass is 32.2. The van der Waals surface area contributed by atoms with Crippen molar-refractivity contribution in [2.75, 3.05) is 13.1 Å². The summed E-state index contributed by atoms with van der Waals surface area (Å²) >= 11 is 0. The van der Waals surface area contributed by atoms with Crippen LogP contribution in [0.25, 0.3) is 0 Å². The minimum Gasteiger partial charge on any atom is -0.360 e. The van der Waals surface area contributed by atoms with Gasteiger partial charge in [0.1, 0.15) is 10.6 Å². The number of nitrogens with one attached hydrogen (secondary N) is 1. The van der Waals surface area contributed by atoms with E-state index in [2.05, 4.69) is 26.9 Å². The van der Waals surface area contributed by atoms with Crippen LogP contribution in [0.15, 0.2) is 39.8 Å². The molecule has 124 valence electrons. The monoisotopic (exact) mass is 335 g/mol. The van der Waals surface area contributed by atoms with E-state index >= 15 is 0 Å². The average Bonchev–Trinajstić information content (AvgIpc) is 3.06. The topological polar surface area (TPSA) is 75.4 Å². The van der Waals surface area contributed by atoms with Crippen molar-refractivity contribution in [3.63, 3.8) is 0 Å². The van der Waals surface area contributed by atoms with E-state index in [0.717, 1.165) is 19.5 Å². The molecule has 1 aromatic heterocycles. The van der Waals surface area contributed by atoms with E-state index in [9.17, 15) is 8.42 Å². The van der Waals surface area contributed by atoms with Gasteiger partial charge in [-0.1, -0.05) is 35.5 Å². The Bertz CT molecular complexity index is 752. The molecular formula is C16H21N3O3S. The SMILES string of the molecule is Cc1noc(C)c1S(=O)(=O)NC1CCN(Cc2ccccc2)C1. The third-order valence-electron chi connectivity index (χ3n) is 4.08. The highest BCUT2D eigenvalue weighted by molar-refractivity contribution is 7.89. The number of hydrogen-bond donors (Lipinski definition) is 1. The van der Waals surface area contributed by atoms with E-state index in [-0.39, 0.29) is 10.9 Å². The molecule has 0 spiro atoms. The van der Waals surface area contributed by atoms with Crippen molar-refractivity contribution in [3.8, 4) is 0 Å². The quantitative estimate of drug-likeness (QED) is 0.902. The average molecular weight is 335 g/mol. The van der Waals surface area contributed by atoms with Crippen molar-refractivity contribution in [2.24, 2.45) is 0 Å². The summed E-state index contributed by atoms with van der Waals surface area (Å²) in [6.45, 7) is 5.68. The number of benzene rings is 1. The summed E-state index contributed by atoms with van der Waals surface area (Å²) in [5.41, 5.74) is 1.64. The molecule has 1 N–H and O–H groups in total. The molecule has 1 unspecified atom stereocenters. The molecule has 3 rings (SSSR count). The first kappa shape index (κ1) is 16.2. The maximum atomic E-state index is 12.5. The number of hydrogen-bond acceptors (Lipinski definition) is 5. The maximum absolute atomic E-state index is 12.5. The second-order valence-corrected chi connectivity index (χ2v) is 7.63. The van der Waals surface area contributed by atoms with Crippen molar-refractivity contribution < 1.29 is 12.9 Å². The zero-order chi connectivity index (χ0) is 16.4. The molecule has 0 amide bonds. The standard InChI is InChI=1S/C16H21N3O3S/c1-12-16(13(2)22-17-12)23(20,21)18-15-8-9-19(11-15)10-14-6-4-3-5-7-14/h3-7,15,18H,8-11H2,1-2H3. The third kappa shape index (κ3) is 3.63. The number of aromatic nitrogens is 1. The molecule has 23 heavy (non-hydrogen) atoms. The molecule has 1 aliphatic rings. The minimum absolute atomic E-state index is 0.0857. The summed E-state index contributed by atoms with van der Waals surface area (Å²) in [5, 5.41) is 3.72. The zero-order valence-corrected chi connectivity index (χ0v) is 14.1. The van der Waals surface area contributed by atoms with Crippen molar-refractivity contribution >= 4 is 10.0 Å². The van der Waals surface area contributed by atoms with Gasteiger partial charge >= 0.3 is 0 Å². The fraction of sp³-hybridized carbons (Fsp3) is 0.438. The molecule has 2 aromatic rings. The van der Waals surface area contributed by atoms with Gasteiger partial charge in [-0.25, -0.2) is 13.1 Å². The van der Waals surface area contributed by atoms with Gasteiger partial charge in [0, 0.05) is 25.7 Å². The predicted molar refractivity (Wildman–Crippen MR) is 86.4 cm³/mol. The van der Waals surface area contributed by atoms with Crippen LogP contribution in [0.5, 0.6) is 0 Å². The molecule has 0 saturated carbocycles. The number of rotatable bonds is 5. The first-order valence-electron chi connectivity index (χ1n) is 7.67. The fourth-order valence-corrected chi connectivity index (χ4v) is 4.64. The van der Waals surface area contributed by atoms with Crippen molar-refractivity contribution in [1.82, 2.24) is 14.8 Å². The molecular weight excluding hydrogens is 314 g/mol. The Labute approximate surface area is 136 Å². The Morgan fingerprint density at radius 3 is 2.70 bits per heavy atom. The third-order valence-corrected chi connectivity index (χ3v) is 5.84. The summed E-state index contributed by atoms with van der Waals surface area (Å²) < 4.78 is 32.8. The Morgan fingerprint density at radius 1 is 1.30 bits per heavy atom. The lowest BCUT2D eigenvalue weighted by atomic mass is 10.2. The minimum atomic E-state index is -3.59. The van der Waals surface area contributed by atoms with Crippen molar-refractivity contribution in [2.45, 2.75) is 37.8 Å². The normalized spacial score (nSPS) is 19.3. The summed E-state index contributed by atoms with van der Waals surface area (Å²) in [7, 11) is -3.59. The summed E-state index contributed by atoms with van der Waals surface area (Å²) in [4.78, 5) is 2.43. The zero-order valence-electron chi connectivity index (χ0n) is 13.3. The van der Waals surface area contributed by atoms with E-state index in [4.69, 9.17) is 4.52 Å². The molecule has 0 bridgehead atoms. The first-order valence-corrected chi connectivity index (χ1v) is 9.15. The van der Waals surface area contributed by atoms with Crippen LogP contribution in [0.2, 0.25) is 0 Å². The Morgan fingerprint density at radius 2 is 2.04 bits per heavy atom. The second-order valence-electron chi connectivity index (χ2n) is 5.98. The largest absolute Gasteiger partial charge is 0.360 e. The van der Waals surface area contributed by atoms with Crippen molar-refractivity contribution in [3.05, 3.63) is 47.3 Å². The number of aryl methyl sites for hydroxylation is 2. The smallest absolute Gasteiger partial charge is 0.246 e. The molecule has 0 aliphatic carbocycles. The maximum Gasteiger partial charge on any atom is 0.246 e. The fourth-order valence-electron chi connectivity index (χ4n) is 3.05. The van der Waals surface area contributed by atoms with Crippen LogP contribution in [0.4, 0.5) is 0 Å². The van der Waals surface area contributed by atoms with Crippen LogP contribution in [0.1, 0.15) is 23.4 Å². The molecule has 1 saturated heterocycles. The van der Waals surface area contributed by atoms with Gasteiger partial charge in [-0.3, -0.25) is 4.90 Å². The molecule has 1 atom stereocenters. The molecule has 1 aromatic carbocycles. The number of nitrogens with zero attached hydrogens (tertiary/aromatic N) is 2. The lowest BCUT2D eigenvalue weighted by Crippen LogP contribution is -2.37. The molecule has 0 radical (unpaired) electrons. The van der Waals surface area contributed by atoms with E-state index in [1.807, 2.05) is 18.2 Å². The molecule has 1 fully saturated rings. The van der Waals surface area contributed by atoms with Gasteiger partial charge in [0.05, 0.1) is 0 Å². The Balaban J connectivity index is 1.64. The molecule has 7 heteroatoms. The van der Waals surface area contributed by atoms with E-state index in [1.54, 1.807) is 13.8 Å². The van der Waals surface area contributed by atoms with E-state index < -0.39 is 10.0 Å². The second kappa shape index (κ2) is 6.43. The Kier molecular flexibility index (Phi) is 4.52. The van der Waals surface area contributed by atoms with Gasteiger partial charge in [-0.05, 0) is 25.8 Å². The number of sulfonamides is 1. The summed E-state index contributed by atoms with van der Waals surface area (Å²) in [5.74, 6) is 0.328. The van der Waals surface area contributed by atoms with Gasteiger partial charge in [0.15, 0.2) is 5.76 Å². The highest BCUT2D eigenvalue weighted by Gasteiger charge is 2.30.